The van der Waals surface area contributed by atoms with E-state index in [4.69, 9.17) is 4.74 Å². The van der Waals surface area contributed by atoms with Crippen LogP contribution in [0.1, 0.15) is 47.5 Å². The molecule has 0 unspecified atom stereocenters. The van der Waals surface area contributed by atoms with E-state index in [1.54, 1.807) is 6.07 Å². The summed E-state index contributed by atoms with van der Waals surface area (Å²) in [5.74, 6) is 4.53. The number of carbonyl (C=O) groups is 1. The van der Waals surface area contributed by atoms with E-state index in [2.05, 4.69) is 16.1 Å². The summed E-state index contributed by atoms with van der Waals surface area (Å²) in [6.07, 6.45) is -0.170. The van der Waals surface area contributed by atoms with Crippen LogP contribution in [0.5, 0.6) is 0 Å². The summed E-state index contributed by atoms with van der Waals surface area (Å²) in [5.41, 5.74) is -5.37. The van der Waals surface area contributed by atoms with E-state index < -0.39 is 27.8 Å². The minimum atomic E-state index is -6.16. The Morgan fingerprint density at radius 3 is 2.65 bits per heavy atom. The first-order valence-corrected chi connectivity index (χ1v) is 10.6. The van der Waals surface area contributed by atoms with Crippen molar-refractivity contribution in [3.05, 3.63) is 47.0 Å². The molecule has 0 aliphatic carbocycles. The number of rotatable bonds is 6. The molecule has 1 amide bonds. The number of benzene rings is 2. The van der Waals surface area contributed by atoms with Gasteiger partial charge >= 0.3 is 15.6 Å². The molecule has 0 aromatic heterocycles. The first-order chi connectivity index (χ1) is 14.6. The molecule has 2 aromatic rings. The fourth-order valence-corrected chi connectivity index (χ4v) is 3.46. The molecule has 166 valence electrons. The molecule has 0 saturated heterocycles. The van der Waals surface area contributed by atoms with Crippen molar-refractivity contribution in [1.82, 2.24) is 5.06 Å². The van der Waals surface area contributed by atoms with Crippen LogP contribution in [-0.2, 0) is 19.1 Å². The number of hydroxylamine groups is 2. The lowest BCUT2D eigenvalue weighted by Gasteiger charge is -2.31. The molecule has 1 atom stereocenters. The van der Waals surface area contributed by atoms with Crippen molar-refractivity contribution >= 4 is 26.8 Å². The fraction of sp³-hybridized carbons (Fsp3) is 0.350. The molecule has 1 aliphatic rings. The molecule has 11 heteroatoms. The van der Waals surface area contributed by atoms with Gasteiger partial charge in [0.25, 0.3) is 5.91 Å². The average molecular weight is 457 g/mol. The van der Waals surface area contributed by atoms with Gasteiger partial charge in [-0.05, 0) is 23.9 Å². The predicted octanol–water partition coefficient (Wildman–Crippen LogP) is 3.24. The maximum atomic E-state index is 12.7. The third-order valence-electron chi connectivity index (χ3n) is 4.51. The van der Waals surface area contributed by atoms with Crippen molar-refractivity contribution in [3.8, 4) is 11.8 Å². The number of hydrogen-bond donors (Lipinski definition) is 1. The van der Waals surface area contributed by atoms with Crippen LogP contribution in [-0.4, -0.2) is 43.2 Å². The van der Waals surface area contributed by atoms with Crippen molar-refractivity contribution in [2.75, 3.05) is 13.2 Å². The van der Waals surface area contributed by atoms with Gasteiger partial charge in [-0.15, -0.1) is 4.28 Å². The van der Waals surface area contributed by atoms with E-state index in [1.165, 1.54) is 24.3 Å². The molecule has 0 fully saturated rings. The first-order valence-electron chi connectivity index (χ1n) is 9.23. The topological polar surface area (TPSA) is 93.1 Å². The molecule has 0 bridgehead atoms. The molecule has 0 radical (unpaired) electrons. The zero-order chi connectivity index (χ0) is 22.8. The van der Waals surface area contributed by atoms with Gasteiger partial charge in [0, 0.05) is 23.1 Å². The van der Waals surface area contributed by atoms with Crippen LogP contribution >= 0.6 is 0 Å². The molecule has 1 aliphatic heterocycles. The van der Waals surface area contributed by atoms with Crippen LogP contribution in [0.4, 0.5) is 13.2 Å². The van der Waals surface area contributed by atoms with Crippen molar-refractivity contribution in [3.63, 3.8) is 0 Å². The predicted molar refractivity (Wildman–Crippen MR) is 104 cm³/mol. The number of alkyl halides is 3. The molecular formula is C20H18F3NO6S. The molecule has 1 heterocycles. The summed E-state index contributed by atoms with van der Waals surface area (Å²) in [5, 5.41) is 10.9. The number of unbranched alkanes of at least 4 members (excludes halogenated alkanes) is 1. The number of aliphatic hydroxyl groups excluding tert-OH is 1. The standard InChI is InChI=1S/C20H18F3NO6S/c1-2-3-11-29-12-5-6-13-9-10-16-17-14(13)7-4-8-15(17)18(25)24(19(16)26)30-31(27,28)20(21,22)23/h4,7-10,18,25H,2-3,11-12H2,1H3/t18-/m1/s1. The van der Waals surface area contributed by atoms with Gasteiger partial charge in [0.2, 0.25) is 0 Å². The molecule has 0 saturated carbocycles. The Balaban J connectivity index is 1.97. The van der Waals surface area contributed by atoms with Crippen molar-refractivity contribution in [2.45, 2.75) is 31.5 Å². The second kappa shape index (κ2) is 8.84. The van der Waals surface area contributed by atoms with E-state index in [0.717, 1.165) is 12.8 Å². The maximum Gasteiger partial charge on any atom is 0.525 e. The Morgan fingerprint density at radius 1 is 1.23 bits per heavy atom. The Hall–Kier alpha value is -2.65. The highest BCUT2D eigenvalue weighted by molar-refractivity contribution is 7.87. The van der Waals surface area contributed by atoms with Gasteiger partial charge in [-0.3, -0.25) is 4.79 Å². The van der Waals surface area contributed by atoms with Gasteiger partial charge in [0.15, 0.2) is 6.23 Å². The number of ether oxygens (including phenoxy) is 1. The summed E-state index contributed by atoms with van der Waals surface area (Å²) in [4.78, 5) is 12.6. The average Bonchev–Trinajstić information content (AvgIpc) is 2.71. The number of halogens is 3. The quantitative estimate of drug-likeness (QED) is 0.407. The van der Waals surface area contributed by atoms with Crippen molar-refractivity contribution < 1.29 is 40.5 Å². The monoisotopic (exact) mass is 457 g/mol. The van der Waals surface area contributed by atoms with Crippen LogP contribution in [0.2, 0.25) is 0 Å². The van der Waals surface area contributed by atoms with Crippen LogP contribution in [0.3, 0.4) is 0 Å². The number of hydrogen-bond acceptors (Lipinski definition) is 6. The first kappa shape index (κ1) is 23.0. The normalized spacial score (nSPS) is 16.4. The maximum absolute atomic E-state index is 12.7. The highest BCUT2D eigenvalue weighted by Crippen LogP contribution is 2.38. The zero-order valence-corrected chi connectivity index (χ0v) is 17.1. The van der Waals surface area contributed by atoms with Crippen molar-refractivity contribution in [1.29, 1.82) is 0 Å². The van der Waals surface area contributed by atoms with E-state index in [9.17, 15) is 31.5 Å². The fourth-order valence-electron chi connectivity index (χ4n) is 3.02. The minimum absolute atomic E-state index is 0.00678. The Bertz CT molecular complexity index is 1170. The number of nitrogens with zero attached hydrogens (tertiary/aromatic N) is 1. The van der Waals surface area contributed by atoms with Crippen LogP contribution < -0.4 is 0 Å². The summed E-state index contributed by atoms with van der Waals surface area (Å²) < 4.78 is 70.0. The van der Waals surface area contributed by atoms with Crippen LogP contribution in [0.15, 0.2) is 30.3 Å². The van der Waals surface area contributed by atoms with E-state index in [1.807, 2.05) is 6.92 Å². The van der Waals surface area contributed by atoms with Crippen molar-refractivity contribution in [2.24, 2.45) is 0 Å². The Morgan fingerprint density at radius 2 is 1.97 bits per heavy atom. The summed E-state index contributed by atoms with van der Waals surface area (Å²) in [6, 6.07) is 7.25. The number of amides is 1. The van der Waals surface area contributed by atoms with Gasteiger partial charge in [0.05, 0.1) is 5.56 Å². The third kappa shape index (κ3) is 4.52. The van der Waals surface area contributed by atoms with E-state index >= 15 is 0 Å². The minimum Gasteiger partial charge on any atom is -0.369 e. The number of carbonyl (C=O) groups excluding carboxylic acids is 1. The lowest BCUT2D eigenvalue weighted by Crippen LogP contribution is -2.42. The summed E-state index contributed by atoms with van der Waals surface area (Å²) in [6.45, 7) is 2.80. The van der Waals surface area contributed by atoms with Gasteiger partial charge in [-0.2, -0.15) is 26.7 Å². The molecule has 2 aromatic carbocycles. The Kier molecular flexibility index (Phi) is 6.56. The number of aliphatic hydroxyl groups is 1. The lowest BCUT2D eigenvalue weighted by atomic mass is 9.92. The molecular weight excluding hydrogens is 439 g/mol. The lowest BCUT2D eigenvalue weighted by molar-refractivity contribution is -0.151. The highest BCUT2D eigenvalue weighted by atomic mass is 32.2. The summed E-state index contributed by atoms with van der Waals surface area (Å²) >= 11 is 0. The molecule has 0 spiro atoms. The van der Waals surface area contributed by atoms with E-state index in [-0.39, 0.29) is 28.2 Å². The Labute approximate surface area is 176 Å². The molecule has 31 heavy (non-hydrogen) atoms. The molecule has 3 rings (SSSR count). The zero-order valence-electron chi connectivity index (χ0n) is 16.3. The van der Waals surface area contributed by atoms with E-state index in [0.29, 0.717) is 17.6 Å². The summed E-state index contributed by atoms with van der Waals surface area (Å²) in [7, 11) is -6.16. The second-order valence-electron chi connectivity index (χ2n) is 6.62. The van der Waals surface area contributed by atoms with Crippen LogP contribution in [0, 0.1) is 11.8 Å². The largest absolute Gasteiger partial charge is 0.525 e. The smallest absolute Gasteiger partial charge is 0.369 e. The van der Waals surface area contributed by atoms with Gasteiger partial charge in [-0.25, -0.2) is 0 Å². The van der Waals surface area contributed by atoms with Gasteiger partial charge in [-0.1, -0.05) is 43.4 Å². The SMILES string of the molecule is CCCCOCC#Cc1ccc2c3c(cccc13)[C@@H](O)N(OS(=O)(=O)C(F)(F)F)C2=O. The second-order valence-corrected chi connectivity index (χ2v) is 8.14. The third-order valence-corrected chi connectivity index (χ3v) is 5.43. The molecule has 7 nitrogen and oxygen atoms in total. The molecule has 1 N–H and O–H groups in total. The van der Waals surface area contributed by atoms with Crippen LogP contribution in [0.25, 0.3) is 10.8 Å². The van der Waals surface area contributed by atoms with Gasteiger partial charge < -0.3 is 9.84 Å². The highest BCUT2D eigenvalue weighted by Gasteiger charge is 2.51. The van der Waals surface area contributed by atoms with Gasteiger partial charge in [0.1, 0.15) is 6.61 Å².